The highest BCUT2D eigenvalue weighted by molar-refractivity contribution is 6.10. The fourth-order valence-electron chi connectivity index (χ4n) is 4.24. The zero-order valence-corrected chi connectivity index (χ0v) is 13.1. The van der Waals surface area contributed by atoms with Crippen LogP contribution in [0.25, 0.3) is 10.8 Å². The summed E-state index contributed by atoms with van der Waals surface area (Å²) in [5, 5.41) is 2.26. The Morgan fingerprint density at radius 2 is 1.75 bits per heavy atom. The lowest BCUT2D eigenvalue weighted by atomic mass is 9.85. The zero-order valence-electron chi connectivity index (χ0n) is 13.1. The van der Waals surface area contributed by atoms with Gasteiger partial charge in [0.15, 0.2) is 5.78 Å². The van der Waals surface area contributed by atoms with Crippen LogP contribution in [0, 0.1) is 0 Å². The number of ketones is 1. The molecule has 118 valence electrons. The van der Waals surface area contributed by atoms with Crippen molar-refractivity contribution < 1.29 is 14.3 Å². The number of hydrogen-bond acceptors (Lipinski definition) is 3. The minimum absolute atomic E-state index is 0.171. The largest absolute Gasteiger partial charge is 0.461 e. The molecule has 0 saturated carbocycles. The van der Waals surface area contributed by atoms with E-state index in [4.69, 9.17) is 4.74 Å². The number of carbonyl (C=O) groups is 2. The van der Waals surface area contributed by atoms with E-state index in [0.717, 1.165) is 33.0 Å². The fraction of sp³-hybridized carbons (Fsp3) is 0.200. The lowest BCUT2D eigenvalue weighted by molar-refractivity contribution is -0.118. The summed E-state index contributed by atoms with van der Waals surface area (Å²) in [5.74, 6) is -0.828. The van der Waals surface area contributed by atoms with E-state index in [2.05, 4.69) is 29.2 Å². The number of ether oxygens (including phenoxy) is 1. The number of H-pyrrole nitrogens is 1. The molecule has 2 atom stereocenters. The smallest absolute Gasteiger partial charge is 0.355 e. The molecule has 24 heavy (non-hydrogen) atoms. The molecule has 0 fully saturated rings. The van der Waals surface area contributed by atoms with Crippen molar-refractivity contribution in [3.05, 3.63) is 70.5 Å². The SMILES string of the molecule is CCOC(=O)c1[nH]cc2c1C1C(=O)C2c2cc3ccccc3cc21. The summed E-state index contributed by atoms with van der Waals surface area (Å²) in [6.07, 6.45) is 1.79. The van der Waals surface area contributed by atoms with Crippen LogP contribution in [0.3, 0.4) is 0 Å². The number of aromatic nitrogens is 1. The molecule has 2 aliphatic carbocycles. The molecule has 5 rings (SSSR count). The van der Waals surface area contributed by atoms with E-state index >= 15 is 0 Å². The van der Waals surface area contributed by atoms with E-state index in [9.17, 15) is 9.59 Å². The van der Waals surface area contributed by atoms with Crippen molar-refractivity contribution in [1.29, 1.82) is 0 Å². The Balaban J connectivity index is 1.73. The van der Waals surface area contributed by atoms with Crippen molar-refractivity contribution in [3.63, 3.8) is 0 Å². The summed E-state index contributed by atoms with van der Waals surface area (Å²) in [7, 11) is 0. The predicted molar refractivity (Wildman–Crippen MR) is 89.4 cm³/mol. The number of fused-ring (bicyclic) bond motifs is 9. The molecule has 0 aliphatic heterocycles. The van der Waals surface area contributed by atoms with Crippen molar-refractivity contribution in [2.24, 2.45) is 0 Å². The number of hydrogen-bond donors (Lipinski definition) is 1. The van der Waals surface area contributed by atoms with E-state index in [0.29, 0.717) is 12.3 Å². The van der Waals surface area contributed by atoms with Gasteiger partial charge in [-0.15, -0.1) is 0 Å². The number of aromatic amines is 1. The minimum Gasteiger partial charge on any atom is -0.461 e. The first-order valence-corrected chi connectivity index (χ1v) is 8.15. The first kappa shape index (κ1) is 13.5. The number of rotatable bonds is 2. The molecule has 4 heteroatoms. The van der Waals surface area contributed by atoms with Gasteiger partial charge in [-0.05, 0) is 46.5 Å². The maximum absolute atomic E-state index is 12.9. The molecule has 0 amide bonds. The third kappa shape index (κ3) is 1.53. The van der Waals surface area contributed by atoms with Crippen LogP contribution in [-0.2, 0) is 9.53 Å². The molecule has 0 radical (unpaired) electrons. The molecule has 4 nitrogen and oxygen atoms in total. The van der Waals surface area contributed by atoms with E-state index in [1.807, 2.05) is 12.1 Å². The molecule has 0 saturated heterocycles. The molecule has 1 N–H and O–H groups in total. The second kappa shape index (κ2) is 4.57. The van der Waals surface area contributed by atoms with Gasteiger partial charge in [0.25, 0.3) is 0 Å². The normalized spacial score (nSPS) is 20.3. The van der Waals surface area contributed by atoms with Crippen LogP contribution in [0.2, 0.25) is 0 Å². The van der Waals surface area contributed by atoms with Crippen molar-refractivity contribution >= 4 is 22.5 Å². The van der Waals surface area contributed by atoms with Gasteiger partial charge in [-0.2, -0.15) is 0 Å². The van der Waals surface area contributed by atoms with Crippen molar-refractivity contribution in [2.45, 2.75) is 18.8 Å². The number of benzene rings is 2. The summed E-state index contributed by atoms with van der Waals surface area (Å²) in [6, 6.07) is 12.3. The van der Waals surface area contributed by atoms with Gasteiger partial charge >= 0.3 is 5.97 Å². The Bertz CT molecular complexity index is 1030. The highest BCUT2D eigenvalue weighted by Crippen LogP contribution is 2.55. The Labute approximate surface area is 138 Å². The summed E-state index contributed by atoms with van der Waals surface area (Å²) in [6.45, 7) is 2.09. The van der Waals surface area contributed by atoms with Crippen LogP contribution in [-0.4, -0.2) is 23.3 Å². The molecule has 2 unspecified atom stereocenters. The van der Waals surface area contributed by atoms with Gasteiger partial charge < -0.3 is 9.72 Å². The van der Waals surface area contributed by atoms with Crippen LogP contribution >= 0.6 is 0 Å². The number of carbonyl (C=O) groups excluding carboxylic acids is 2. The van der Waals surface area contributed by atoms with Crippen molar-refractivity contribution in [2.75, 3.05) is 6.61 Å². The van der Waals surface area contributed by atoms with Crippen LogP contribution in [0.15, 0.2) is 42.6 Å². The van der Waals surface area contributed by atoms with E-state index in [1.165, 1.54) is 0 Å². The standard InChI is InChI=1S/C20H15NO3/c1-2-24-20(23)18-16-14(9-21-18)15-12-7-10-5-3-4-6-11(10)8-13(12)17(16)19(15)22/h3-9,15,17,21H,2H2,1H3. The van der Waals surface area contributed by atoms with Crippen LogP contribution in [0.4, 0.5) is 0 Å². The van der Waals surface area contributed by atoms with Gasteiger partial charge in [0.1, 0.15) is 5.69 Å². The zero-order chi connectivity index (χ0) is 16.4. The molecule has 0 spiro atoms. The Hall–Kier alpha value is -2.88. The molecule has 1 heterocycles. The van der Waals surface area contributed by atoms with Crippen LogP contribution in [0.5, 0.6) is 0 Å². The first-order valence-electron chi connectivity index (χ1n) is 8.15. The molecule has 3 aromatic rings. The van der Waals surface area contributed by atoms with E-state index < -0.39 is 0 Å². The second-order valence-corrected chi connectivity index (χ2v) is 6.35. The second-order valence-electron chi connectivity index (χ2n) is 6.35. The Kier molecular flexibility index (Phi) is 2.58. The van der Waals surface area contributed by atoms with Gasteiger partial charge in [-0.3, -0.25) is 4.79 Å². The molecular weight excluding hydrogens is 302 g/mol. The highest BCUT2D eigenvalue weighted by atomic mass is 16.5. The van der Waals surface area contributed by atoms with E-state index in [1.54, 1.807) is 13.1 Å². The summed E-state index contributed by atoms with van der Waals surface area (Å²) >= 11 is 0. The molecule has 1 aromatic heterocycles. The minimum atomic E-state index is -0.388. The Morgan fingerprint density at radius 3 is 2.42 bits per heavy atom. The van der Waals surface area contributed by atoms with Gasteiger partial charge in [0, 0.05) is 11.8 Å². The fourth-order valence-corrected chi connectivity index (χ4v) is 4.24. The monoisotopic (exact) mass is 317 g/mol. The summed E-state index contributed by atoms with van der Waals surface area (Å²) in [5.41, 5.74) is 4.26. The highest BCUT2D eigenvalue weighted by Gasteiger charge is 2.51. The molecule has 2 aromatic carbocycles. The van der Waals surface area contributed by atoms with Crippen molar-refractivity contribution in [1.82, 2.24) is 4.98 Å². The maximum Gasteiger partial charge on any atom is 0.355 e. The van der Waals surface area contributed by atoms with Crippen molar-refractivity contribution in [3.8, 4) is 0 Å². The average molecular weight is 317 g/mol. The average Bonchev–Trinajstić information content (AvgIpc) is 3.20. The summed E-state index contributed by atoms with van der Waals surface area (Å²) in [4.78, 5) is 28.1. The lowest BCUT2D eigenvalue weighted by Gasteiger charge is -2.16. The topological polar surface area (TPSA) is 59.2 Å². The number of nitrogens with one attached hydrogen (secondary N) is 1. The quantitative estimate of drug-likeness (QED) is 0.736. The first-order chi connectivity index (χ1) is 11.7. The van der Waals surface area contributed by atoms with Crippen LogP contribution < -0.4 is 0 Å². The van der Waals surface area contributed by atoms with Crippen LogP contribution in [0.1, 0.15) is 51.5 Å². The van der Waals surface area contributed by atoms with Gasteiger partial charge in [0.05, 0.1) is 18.4 Å². The molecular formula is C20H15NO3. The number of esters is 1. The Morgan fingerprint density at radius 1 is 1.08 bits per heavy atom. The third-order valence-electron chi connectivity index (χ3n) is 5.17. The van der Waals surface area contributed by atoms with Gasteiger partial charge in [-0.25, -0.2) is 4.79 Å². The maximum atomic E-state index is 12.9. The molecule has 2 aliphatic rings. The predicted octanol–water partition coefficient (Wildman–Crippen LogP) is 3.50. The number of Topliss-reactive ketones (excluding diaryl/α,β-unsaturated/α-hetero) is 1. The summed E-state index contributed by atoms with van der Waals surface area (Å²) < 4.78 is 5.13. The van der Waals surface area contributed by atoms with E-state index in [-0.39, 0.29) is 23.6 Å². The van der Waals surface area contributed by atoms with Gasteiger partial charge in [-0.1, -0.05) is 24.3 Å². The van der Waals surface area contributed by atoms with Gasteiger partial charge in [0.2, 0.25) is 0 Å². The third-order valence-corrected chi connectivity index (χ3v) is 5.17. The molecule has 2 bridgehead atoms. The lowest BCUT2D eigenvalue weighted by Crippen LogP contribution is -2.12.